The summed E-state index contributed by atoms with van der Waals surface area (Å²) in [7, 11) is 0. The molecule has 4 N–H and O–H groups in total. The van der Waals surface area contributed by atoms with Crippen LogP contribution in [0.25, 0.3) is 5.57 Å². The van der Waals surface area contributed by atoms with Crippen molar-refractivity contribution in [1.82, 2.24) is 4.90 Å². The fraction of sp³-hybridized carbons (Fsp3) is 0.636. The largest absolute Gasteiger partial charge is 0.398 e. The Morgan fingerprint density at radius 2 is 1.81 bits per heavy atom. The van der Waals surface area contributed by atoms with Crippen molar-refractivity contribution in [2.45, 2.75) is 64.6 Å². The highest BCUT2D eigenvalue weighted by Gasteiger charge is 2.34. The van der Waals surface area contributed by atoms with Crippen molar-refractivity contribution >= 4 is 23.7 Å². The number of benzene rings is 1. The Labute approximate surface area is 169 Å². The van der Waals surface area contributed by atoms with Gasteiger partial charge in [-0.3, -0.25) is 4.90 Å². The number of halogens is 1. The molecule has 1 fully saturated rings. The molecule has 1 aromatic carbocycles. The molecular weight excluding hydrogens is 360 g/mol. The second kappa shape index (κ2) is 8.12. The average molecular weight is 395 g/mol. The van der Waals surface area contributed by atoms with Crippen LogP contribution in [0.2, 0.25) is 0 Å². The number of likely N-dealkylation sites (tertiary alicyclic amines) is 1. The maximum absolute atomic E-state index is 9.81. The van der Waals surface area contributed by atoms with E-state index in [-0.39, 0.29) is 17.8 Å². The van der Waals surface area contributed by atoms with Gasteiger partial charge in [-0.1, -0.05) is 39.8 Å². The maximum Gasteiger partial charge on any atom is 0.0938 e. The number of nitrogens with two attached hydrogens (primary N) is 1. The normalized spacial score (nSPS) is 25.8. The average Bonchev–Trinajstić information content (AvgIpc) is 2.85. The van der Waals surface area contributed by atoms with Gasteiger partial charge in [0.25, 0.3) is 0 Å². The molecule has 2 atom stereocenters. The highest BCUT2D eigenvalue weighted by atomic mass is 35.5. The molecule has 1 aliphatic carbocycles. The first kappa shape index (κ1) is 22.2. The lowest BCUT2D eigenvalue weighted by atomic mass is 9.76. The Balaban J connectivity index is 0.00000261. The van der Waals surface area contributed by atoms with E-state index >= 15 is 0 Å². The molecule has 1 saturated heterocycles. The van der Waals surface area contributed by atoms with Gasteiger partial charge < -0.3 is 15.9 Å². The van der Waals surface area contributed by atoms with Crippen molar-refractivity contribution in [2.75, 3.05) is 25.4 Å². The molecule has 1 aliphatic heterocycles. The van der Waals surface area contributed by atoms with Crippen LogP contribution in [0.15, 0.2) is 24.3 Å². The molecule has 3 rings (SSSR count). The highest BCUT2D eigenvalue weighted by molar-refractivity contribution is 5.85. The van der Waals surface area contributed by atoms with Gasteiger partial charge in [0.05, 0.1) is 12.2 Å². The Hall–Kier alpha value is -1.07. The molecular formula is C22H35ClN2O2. The number of hydrogen-bond acceptors (Lipinski definition) is 4. The number of nitrogen functional groups attached to an aromatic ring is 1. The van der Waals surface area contributed by atoms with Crippen molar-refractivity contribution < 1.29 is 10.2 Å². The van der Waals surface area contributed by atoms with Crippen molar-refractivity contribution in [3.8, 4) is 0 Å². The lowest BCUT2D eigenvalue weighted by molar-refractivity contribution is 0.0572. The van der Waals surface area contributed by atoms with Crippen molar-refractivity contribution in [2.24, 2.45) is 5.41 Å². The van der Waals surface area contributed by atoms with Crippen LogP contribution in [0, 0.1) is 5.41 Å². The van der Waals surface area contributed by atoms with E-state index in [1.54, 1.807) is 0 Å². The topological polar surface area (TPSA) is 69.7 Å². The van der Waals surface area contributed by atoms with Gasteiger partial charge >= 0.3 is 0 Å². The zero-order valence-corrected chi connectivity index (χ0v) is 17.9. The Bertz CT molecular complexity index is 690. The Kier molecular flexibility index (Phi) is 6.68. The minimum Gasteiger partial charge on any atom is -0.398 e. The standard InChI is InChI=1S/C22H34N2O2.ClH/c1-21(2)9-7-15(8-10-21)17-11-16(5-6-18(17)23)22(3,4)14-24-12-19(25)20(26)13-24;/h5-7,11,19-20,25-26H,8-10,12-14,23H2,1-4H3;1H. The summed E-state index contributed by atoms with van der Waals surface area (Å²) in [5, 5.41) is 19.6. The quantitative estimate of drug-likeness (QED) is 0.682. The van der Waals surface area contributed by atoms with Crippen LogP contribution in [0.3, 0.4) is 0 Å². The predicted molar refractivity (Wildman–Crippen MR) is 115 cm³/mol. The molecule has 0 aromatic heterocycles. The summed E-state index contributed by atoms with van der Waals surface area (Å²) < 4.78 is 0. The van der Waals surface area contributed by atoms with Gasteiger partial charge in [0.1, 0.15) is 0 Å². The van der Waals surface area contributed by atoms with Crippen LogP contribution >= 0.6 is 12.4 Å². The van der Waals surface area contributed by atoms with E-state index in [1.165, 1.54) is 23.1 Å². The van der Waals surface area contributed by atoms with Gasteiger partial charge in [-0.2, -0.15) is 0 Å². The zero-order chi connectivity index (χ0) is 19.1. The molecule has 0 bridgehead atoms. The number of aliphatic hydroxyl groups is 2. The lowest BCUT2D eigenvalue weighted by Gasteiger charge is -2.32. The number of allylic oxidation sites excluding steroid dienone is 2. The SMILES string of the molecule is CC1(C)CC=C(c2cc(C(C)(C)CN3CC(O)C(O)C3)ccc2N)CC1.Cl. The van der Waals surface area contributed by atoms with Gasteiger partial charge in [0, 0.05) is 36.3 Å². The first-order valence-electron chi connectivity index (χ1n) is 9.75. The Morgan fingerprint density at radius 3 is 2.37 bits per heavy atom. The summed E-state index contributed by atoms with van der Waals surface area (Å²) in [5.74, 6) is 0. The Morgan fingerprint density at radius 1 is 1.19 bits per heavy atom. The van der Waals surface area contributed by atoms with Gasteiger partial charge in [-0.05, 0) is 47.9 Å². The molecule has 2 aliphatic rings. The third kappa shape index (κ3) is 5.05. The van der Waals surface area contributed by atoms with Crippen molar-refractivity contribution in [3.63, 3.8) is 0 Å². The minimum atomic E-state index is -0.636. The summed E-state index contributed by atoms with van der Waals surface area (Å²) in [6.45, 7) is 11.0. The molecule has 1 heterocycles. The second-order valence-corrected chi connectivity index (χ2v) is 9.61. The van der Waals surface area contributed by atoms with E-state index in [9.17, 15) is 10.2 Å². The molecule has 0 amide bonds. The highest BCUT2D eigenvalue weighted by Crippen LogP contribution is 2.40. The fourth-order valence-electron chi connectivity index (χ4n) is 4.20. The number of rotatable bonds is 4. The summed E-state index contributed by atoms with van der Waals surface area (Å²) in [6, 6.07) is 6.40. The third-order valence-corrected chi connectivity index (χ3v) is 6.11. The van der Waals surface area contributed by atoms with E-state index in [0.29, 0.717) is 18.5 Å². The van der Waals surface area contributed by atoms with Gasteiger partial charge in [0.2, 0.25) is 0 Å². The maximum atomic E-state index is 9.81. The van der Waals surface area contributed by atoms with E-state index in [2.05, 4.69) is 50.8 Å². The molecule has 0 saturated carbocycles. The molecule has 27 heavy (non-hydrogen) atoms. The van der Waals surface area contributed by atoms with Crippen LogP contribution in [0.4, 0.5) is 5.69 Å². The summed E-state index contributed by atoms with van der Waals surface area (Å²) in [5.41, 5.74) is 11.3. The molecule has 1 aromatic rings. The van der Waals surface area contributed by atoms with Gasteiger partial charge in [0.15, 0.2) is 0 Å². The van der Waals surface area contributed by atoms with Crippen molar-refractivity contribution in [3.05, 3.63) is 35.4 Å². The fourth-order valence-corrected chi connectivity index (χ4v) is 4.20. The van der Waals surface area contributed by atoms with Gasteiger partial charge in [-0.25, -0.2) is 0 Å². The third-order valence-electron chi connectivity index (χ3n) is 6.11. The van der Waals surface area contributed by atoms with E-state index in [4.69, 9.17) is 5.73 Å². The molecule has 152 valence electrons. The van der Waals surface area contributed by atoms with Crippen LogP contribution in [0.5, 0.6) is 0 Å². The zero-order valence-electron chi connectivity index (χ0n) is 17.0. The second-order valence-electron chi connectivity index (χ2n) is 9.61. The van der Waals surface area contributed by atoms with Crippen LogP contribution in [0.1, 0.15) is 58.1 Å². The van der Waals surface area contributed by atoms with Crippen molar-refractivity contribution in [1.29, 1.82) is 0 Å². The number of aliphatic hydroxyl groups excluding tert-OH is 2. The summed E-state index contributed by atoms with van der Waals surface area (Å²) in [6.07, 6.45) is 4.45. The first-order chi connectivity index (χ1) is 12.1. The lowest BCUT2D eigenvalue weighted by Crippen LogP contribution is -2.36. The predicted octanol–water partition coefficient (Wildman–Crippen LogP) is 3.60. The van der Waals surface area contributed by atoms with E-state index in [0.717, 1.165) is 25.1 Å². The first-order valence-corrected chi connectivity index (χ1v) is 9.75. The molecule has 2 unspecified atom stereocenters. The van der Waals surface area contributed by atoms with E-state index in [1.807, 2.05) is 6.07 Å². The molecule has 0 spiro atoms. The number of nitrogens with zero attached hydrogens (tertiary/aromatic N) is 1. The molecule has 5 heteroatoms. The summed E-state index contributed by atoms with van der Waals surface area (Å²) >= 11 is 0. The molecule has 4 nitrogen and oxygen atoms in total. The smallest absolute Gasteiger partial charge is 0.0938 e. The monoisotopic (exact) mass is 394 g/mol. The van der Waals surface area contributed by atoms with E-state index < -0.39 is 12.2 Å². The number of β-amino-alcohol motifs (C(OH)–C–C–N with tert-alkyl or cyclic N) is 2. The number of anilines is 1. The minimum absolute atomic E-state index is 0. The summed E-state index contributed by atoms with van der Waals surface area (Å²) in [4.78, 5) is 2.15. The number of hydrogen-bond donors (Lipinski definition) is 3. The van der Waals surface area contributed by atoms with Gasteiger partial charge in [-0.15, -0.1) is 12.4 Å². The van der Waals surface area contributed by atoms with Crippen LogP contribution in [-0.2, 0) is 5.41 Å². The van der Waals surface area contributed by atoms with Crippen LogP contribution in [-0.4, -0.2) is 47.0 Å². The van der Waals surface area contributed by atoms with Crippen LogP contribution < -0.4 is 5.73 Å². The molecule has 0 radical (unpaired) electrons.